The van der Waals surface area contributed by atoms with Crippen LogP contribution in [0.25, 0.3) is 0 Å². The maximum atomic E-state index is 12.4. The first-order chi connectivity index (χ1) is 13.8. The van der Waals surface area contributed by atoms with E-state index < -0.39 is 10.0 Å². The number of carbonyl (C=O) groups excluding carboxylic acids is 1. The molecule has 0 heterocycles. The zero-order chi connectivity index (χ0) is 20.9. The molecule has 0 aromatic heterocycles. The molecule has 0 aliphatic heterocycles. The first-order valence-electron chi connectivity index (χ1n) is 9.61. The molecule has 154 valence electrons. The third-order valence-corrected chi connectivity index (χ3v) is 6.31. The van der Waals surface area contributed by atoms with Crippen molar-refractivity contribution in [3.05, 3.63) is 76.3 Å². The standard InChI is InChI=1S/C22H25ClN2O3S/c1-29(27,28)25(16-18-7-11-20(23)12-8-18)21-13-9-19(10-14-21)22(26)24-15-17-5-3-2-4-6-17/h5,7-14H,2-4,6,15-16H2,1H3,(H,24,26). The van der Waals surface area contributed by atoms with Crippen LogP contribution in [0.4, 0.5) is 5.69 Å². The van der Waals surface area contributed by atoms with Crippen LogP contribution in [0.3, 0.4) is 0 Å². The second-order valence-corrected chi connectivity index (χ2v) is 9.58. The average molecular weight is 433 g/mol. The summed E-state index contributed by atoms with van der Waals surface area (Å²) in [6, 6.07) is 13.7. The predicted octanol–water partition coefficient (Wildman–Crippen LogP) is 4.54. The third kappa shape index (κ3) is 6.08. The van der Waals surface area contributed by atoms with Crippen LogP contribution in [0.2, 0.25) is 5.02 Å². The van der Waals surface area contributed by atoms with E-state index in [1.807, 2.05) is 0 Å². The van der Waals surface area contributed by atoms with E-state index in [1.54, 1.807) is 48.5 Å². The summed E-state index contributed by atoms with van der Waals surface area (Å²) >= 11 is 5.90. The summed E-state index contributed by atoms with van der Waals surface area (Å²) in [5.74, 6) is -0.161. The fourth-order valence-electron chi connectivity index (χ4n) is 3.30. The van der Waals surface area contributed by atoms with Crippen molar-refractivity contribution in [2.24, 2.45) is 0 Å². The summed E-state index contributed by atoms with van der Waals surface area (Å²) in [7, 11) is -3.49. The fourth-order valence-corrected chi connectivity index (χ4v) is 4.31. The minimum absolute atomic E-state index is 0.161. The van der Waals surface area contributed by atoms with Crippen molar-refractivity contribution in [3.8, 4) is 0 Å². The van der Waals surface area contributed by atoms with Gasteiger partial charge in [-0.2, -0.15) is 0 Å². The van der Waals surface area contributed by atoms with Crippen molar-refractivity contribution in [2.75, 3.05) is 17.1 Å². The van der Waals surface area contributed by atoms with E-state index in [4.69, 9.17) is 11.6 Å². The molecule has 0 fully saturated rings. The Kier molecular flexibility index (Phi) is 6.98. The molecule has 1 amide bonds. The number of carbonyl (C=O) groups is 1. The molecule has 2 aromatic rings. The molecule has 1 aliphatic rings. The molecule has 0 spiro atoms. The lowest BCUT2D eigenvalue weighted by molar-refractivity contribution is 0.0956. The van der Waals surface area contributed by atoms with E-state index in [0.717, 1.165) is 18.4 Å². The van der Waals surface area contributed by atoms with Crippen LogP contribution < -0.4 is 9.62 Å². The molecule has 1 aliphatic carbocycles. The van der Waals surface area contributed by atoms with Crippen LogP contribution in [0.15, 0.2) is 60.2 Å². The van der Waals surface area contributed by atoms with E-state index in [-0.39, 0.29) is 12.5 Å². The van der Waals surface area contributed by atoms with Gasteiger partial charge in [-0.3, -0.25) is 9.10 Å². The molecule has 0 saturated carbocycles. The van der Waals surface area contributed by atoms with Gasteiger partial charge in [0.1, 0.15) is 0 Å². The summed E-state index contributed by atoms with van der Waals surface area (Å²) in [6.45, 7) is 0.752. The van der Waals surface area contributed by atoms with Crippen molar-refractivity contribution in [1.82, 2.24) is 5.32 Å². The van der Waals surface area contributed by atoms with E-state index in [0.29, 0.717) is 22.8 Å². The Labute approximate surface area is 177 Å². The number of benzene rings is 2. The summed E-state index contributed by atoms with van der Waals surface area (Å²) in [4.78, 5) is 12.4. The molecule has 2 aromatic carbocycles. The highest BCUT2D eigenvalue weighted by Crippen LogP contribution is 2.22. The normalized spacial score (nSPS) is 14.2. The summed E-state index contributed by atoms with van der Waals surface area (Å²) in [5, 5.41) is 3.54. The molecule has 0 bridgehead atoms. The van der Waals surface area contributed by atoms with Crippen LogP contribution in [0.5, 0.6) is 0 Å². The van der Waals surface area contributed by atoms with Crippen molar-refractivity contribution >= 4 is 33.2 Å². The van der Waals surface area contributed by atoms with E-state index >= 15 is 0 Å². The quantitative estimate of drug-likeness (QED) is 0.653. The first kappa shape index (κ1) is 21.4. The number of amides is 1. The summed E-state index contributed by atoms with van der Waals surface area (Å²) in [5.41, 5.74) is 3.11. The van der Waals surface area contributed by atoms with Crippen LogP contribution in [0, 0.1) is 0 Å². The lowest BCUT2D eigenvalue weighted by Crippen LogP contribution is -2.29. The van der Waals surface area contributed by atoms with Crippen molar-refractivity contribution in [2.45, 2.75) is 32.2 Å². The van der Waals surface area contributed by atoms with Crippen molar-refractivity contribution < 1.29 is 13.2 Å². The SMILES string of the molecule is CS(=O)(=O)N(Cc1ccc(Cl)cc1)c1ccc(C(=O)NCC2=CCCCC2)cc1. The molecule has 0 radical (unpaired) electrons. The highest BCUT2D eigenvalue weighted by Gasteiger charge is 2.18. The van der Waals surface area contributed by atoms with Crippen molar-refractivity contribution in [1.29, 1.82) is 0 Å². The zero-order valence-electron chi connectivity index (χ0n) is 16.4. The highest BCUT2D eigenvalue weighted by molar-refractivity contribution is 7.92. The van der Waals surface area contributed by atoms with Gasteiger partial charge in [0.2, 0.25) is 10.0 Å². The first-order valence-corrected chi connectivity index (χ1v) is 11.8. The van der Waals surface area contributed by atoms with E-state index in [1.165, 1.54) is 29.0 Å². The molecular formula is C22H25ClN2O3S. The molecular weight excluding hydrogens is 408 g/mol. The summed E-state index contributed by atoms with van der Waals surface area (Å²) in [6.07, 6.45) is 7.87. The van der Waals surface area contributed by atoms with Crippen LogP contribution in [-0.4, -0.2) is 27.1 Å². The number of hydrogen-bond acceptors (Lipinski definition) is 3. The monoisotopic (exact) mass is 432 g/mol. The molecule has 5 nitrogen and oxygen atoms in total. The molecule has 1 N–H and O–H groups in total. The topological polar surface area (TPSA) is 66.5 Å². The number of hydrogen-bond donors (Lipinski definition) is 1. The largest absolute Gasteiger partial charge is 0.348 e. The number of allylic oxidation sites excluding steroid dienone is 1. The molecule has 0 unspecified atom stereocenters. The lowest BCUT2D eigenvalue weighted by Gasteiger charge is -2.23. The number of rotatable bonds is 7. The third-order valence-electron chi connectivity index (χ3n) is 4.92. The predicted molar refractivity (Wildman–Crippen MR) is 118 cm³/mol. The van der Waals surface area contributed by atoms with Gasteiger partial charge in [-0.15, -0.1) is 0 Å². The van der Waals surface area contributed by atoms with Gasteiger partial charge in [-0.25, -0.2) is 8.42 Å². The van der Waals surface area contributed by atoms with Gasteiger partial charge in [0.25, 0.3) is 5.91 Å². The Morgan fingerprint density at radius 1 is 1.07 bits per heavy atom. The second-order valence-electron chi connectivity index (χ2n) is 7.23. The van der Waals surface area contributed by atoms with E-state index in [2.05, 4.69) is 11.4 Å². The lowest BCUT2D eigenvalue weighted by atomic mass is 9.99. The molecule has 0 atom stereocenters. The molecule has 7 heteroatoms. The van der Waals surface area contributed by atoms with E-state index in [9.17, 15) is 13.2 Å². The minimum atomic E-state index is -3.49. The van der Waals surface area contributed by atoms with Gasteiger partial charge in [0.05, 0.1) is 18.5 Å². The van der Waals surface area contributed by atoms with Gasteiger partial charge < -0.3 is 5.32 Å². The Balaban J connectivity index is 1.70. The number of halogens is 1. The minimum Gasteiger partial charge on any atom is -0.348 e. The van der Waals surface area contributed by atoms with Gasteiger partial charge in [-0.05, 0) is 67.6 Å². The van der Waals surface area contributed by atoms with Crippen molar-refractivity contribution in [3.63, 3.8) is 0 Å². The number of anilines is 1. The Morgan fingerprint density at radius 3 is 2.34 bits per heavy atom. The van der Waals surface area contributed by atoms with Gasteiger partial charge >= 0.3 is 0 Å². The molecule has 3 rings (SSSR count). The van der Waals surface area contributed by atoms with Crippen LogP contribution in [-0.2, 0) is 16.6 Å². The number of sulfonamides is 1. The Hall–Kier alpha value is -2.31. The van der Waals surface area contributed by atoms with Crippen LogP contribution in [0.1, 0.15) is 41.6 Å². The summed E-state index contributed by atoms with van der Waals surface area (Å²) < 4.78 is 25.9. The van der Waals surface area contributed by atoms with Gasteiger partial charge in [0, 0.05) is 17.1 Å². The number of nitrogens with zero attached hydrogens (tertiary/aromatic N) is 1. The maximum Gasteiger partial charge on any atom is 0.251 e. The van der Waals surface area contributed by atoms with Gasteiger partial charge in [0.15, 0.2) is 0 Å². The smallest absolute Gasteiger partial charge is 0.251 e. The average Bonchev–Trinajstić information content (AvgIpc) is 2.71. The Morgan fingerprint density at radius 2 is 1.76 bits per heavy atom. The van der Waals surface area contributed by atoms with Crippen LogP contribution >= 0.6 is 11.6 Å². The fraction of sp³-hybridized carbons (Fsp3) is 0.318. The Bertz CT molecular complexity index is 984. The molecule has 0 saturated heterocycles. The molecule has 29 heavy (non-hydrogen) atoms. The highest BCUT2D eigenvalue weighted by atomic mass is 35.5. The maximum absolute atomic E-state index is 12.4. The number of nitrogens with one attached hydrogen (secondary N) is 1. The second kappa shape index (κ2) is 9.46. The zero-order valence-corrected chi connectivity index (χ0v) is 18.0. The van der Waals surface area contributed by atoms with Gasteiger partial charge in [-0.1, -0.05) is 35.4 Å².